The highest BCUT2D eigenvalue weighted by molar-refractivity contribution is 7.80. The number of benzene rings is 2. The van der Waals surface area contributed by atoms with Crippen molar-refractivity contribution in [2.45, 2.75) is 26.6 Å². The third-order valence-electron chi connectivity index (χ3n) is 4.39. The van der Waals surface area contributed by atoms with Crippen molar-refractivity contribution in [1.82, 2.24) is 9.78 Å². The second-order valence-electron chi connectivity index (χ2n) is 6.60. The van der Waals surface area contributed by atoms with Gasteiger partial charge in [-0.05, 0) is 62.0 Å². The Labute approximate surface area is 187 Å². The summed E-state index contributed by atoms with van der Waals surface area (Å²) in [7, 11) is 0. The molecule has 1 aromatic heterocycles. The topological polar surface area (TPSA) is 41.9 Å². The van der Waals surface area contributed by atoms with Gasteiger partial charge < -0.3 is 10.6 Å². The molecular weight excluding hydrogens is 456 g/mol. The molecule has 10 heteroatoms. The minimum absolute atomic E-state index is 0.196. The van der Waals surface area contributed by atoms with Crippen LogP contribution in [0.1, 0.15) is 22.5 Å². The van der Waals surface area contributed by atoms with Crippen LogP contribution < -0.4 is 10.6 Å². The summed E-state index contributed by atoms with van der Waals surface area (Å²) in [4.78, 5) is 0. The molecule has 0 saturated carbocycles. The van der Waals surface area contributed by atoms with Crippen molar-refractivity contribution >= 4 is 51.9 Å². The Bertz CT molecular complexity index is 1100. The lowest BCUT2D eigenvalue weighted by Gasteiger charge is -2.13. The van der Waals surface area contributed by atoms with E-state index in [-0.39, 0.29) is 6.54 Å². The smallest absolute Gasteiger partial charge is 0.331 e. The Hall–Kier alpha value is -2.29. The Kier molecular flexibility index (Phi) is 6.59. The highest BCUT2D eigenvalue weighted by Crippen LogP contribution is 2.30. The molecule has 0 aliphatic rings. The predicted octanol–water partition coefficient (Wildman–Crippen LogP) is 6.68. The van der Waals surface area contributed by atoms with Crippen LogP contribution in [0.15, 0.2) is 42.5 Å². The van der Waals surface area contributed by atoms with Gasteiger partial charge in [-0.2, -0.15) is 18.3 Å². The summed E-state index contributed by atoms with van der Waals surface area (Å²) in [6, 6.07) is 10.2. The van der Waals surface area contributed by atoms with E-state index < -0.39 is 11.7 Å². The second kappa shape index (κ2) is 8.83. The number of hydrogen-bond acceptors (Lipinski definition) is 2. The number of rotatable bonds is 4. The van der Waals surface area contributed by atoms with Crippen molar-refractivity contribution in [3.8, 4) is 0 Å². The zero-order chi connectivity index (χ0) is 22.1. The Morgan fingerprint density at radius 3 is 2.50 bits per heavy atom. The fourth-order valence-electron chi connectivity index (χ4n) is 2.91. The number of nitrogens with one attached hydrogen (secondary N) is 2. The Morgan fingerprint density at radius 1 is 1.10 bits per heavy atom. The summed E-state index contributed by atoms with van der Waals surface area (Å²) in [5, 5.41) is 11.7. The number of nitrogens with zero attached hydrogens (tertiary/aromatic N) is 2. The first-order valence-corrected chi connectivity index (χ1v) is 9.94. The number of aryl methyl sites for hydroxylation is 1. The molecule has 0 fully saturated rings. The summed E-state index contributed by atoms with van der Waals surface area (Å²) in [5.74, 6) is 0. The monoisotopic (exact) mass is 472 g/mol. The quantitative estimate of drug-likeness (QED) is 0.415. The first kappa shape index (κ1) is 22.4. The Balaban J connectivity index is 1.76. The van der Waals surface area contributed by atoms with Crippen molar-refractivity contribution in [1.29, 1.82) is 0 Å². The lowest BCUT2D eigenvalue weighted by molar-refractivity contribution is -0.137. The van der Waals surface area contributed by atoms with E-state index in [1.54, 1.807) is 35.9 Å². The Morgan fingerprint density at radius 2 is 1.83 bits per heavy atom. The van der Waals surface area contributed by atoms with E-state index in [9.17, 15) is 13.2 Å². The molecule has 0 unspecified atom stereocenters. The van der Waals surface area contributed by atoms with E-state index in [0.717, 1.165) is 17.8 Å². The van der Waals surface area contributed by atoms with Crippen LogP contribution in [0.2, 0.25) is 10.0 Å². The first-order valence-electron chi connectivity index (χ1n) is 8.78. The van der Waals surface area contributed by atoms with Crippen molar-refractivity contribution in [2.24, 2.45) is 0 Å². The van der Waals surface area contributed by atoms with E-state index in [0.29, 0.717) is 37.8 Å². The maximum atomic E-state index is 13.0. The molecule has 30 heavy (non-hydrogen) atoms. The first-order chi connectivity index (χ1) is 14.0. The predicted molar refractivity (Wildman–Crippen MR) is 119 cm³/mol. The largest absolute Gasteiger partial charge is 0.416 e. The molecule has 0 bridgehead atoms. The molecule has 1 heterocycles. The number of thiocarbonyl (C=S) groups is 1. The fourth-order valence-corrected chi connectivity index (χ4v) is 3.58. The van der Waals surface area contributed by atoms with Gasteiger partial charge in [-0.1, -0.05) is 35.3 Å². The maximum absolute atomic E-state index is 13.0. The number of alkyl halides is 3. The zero-order valence-corrected chi connectivity index (χ0v) is 18.3. The number of anilines is 2. The summed E-state index contributed by atoms with van der Waals surface area (Å²) in [5.41, 5.74) is 2.46. The second-order valence-corrected chi connectivity index (χ2v) is 7.86. The van der Waals surface area contributed by atoms with Crippen LogP contribution in [0, 0.1) is 13.8 Å². The summed E-state index contributed by atoms with van der Waals surface area (Å²) in [6.45, 7) is 3.80. The van der Waals surface area contributed by atoms with Gasteiger partial charge in [-0.25, -0.2) is 0 Å². The van der Waals surface area contributed by atoms with Crippen LogP contribution in [-0.2, 0) is 12.7 Å². The van der Waals surface area contributed by atoms with Crippen LogP contribution in [0.3, 0.4) is 0 Å². The molecule has 4 nitrogen and oxygen atoms in total. The molecule has 0 spiro atoms. The maximum Gasteiger partial charge on any atom is 0.416 e. The molecule has 0 aliphatic carbocycles. The highest BCUT2D eigenvalue weighted by Gasteiger charge is 2.30. The summed E-state index contributed by atoms with van der Waals surface area (Å²) in [6.07, 6.45) is -4.39. The van der Waals surface area contributed by atoms with E-state index in [1.165, 1.54) is 6.07 Å². The minimum atomic E-state index is -4.39. The zero-order valence-electron chi connectivity index (χ0n) is 15.9. The van der Waals surface area contributed by atoms with Gasteiger partial charge in [0.15, 0.2) is 5.11 Å². The number of halogens is 5. The molecule has 0 atom stereocenters. The molecule has 0 radical (unpaired) electrons. The van der Waals surface area contributed by atoms with Gasteiger partial charge in [0.05, 0.1) is 39.9 Å². The SMILES string of the molecule is Cc1nn(Cc2cccc(C(F)(F)F)c2)c(C)c1NC(=S)Nc1ccc(Cl)cc1Cl. The van der Waals surface area contributed by atoms with Crippen LogP contribution >= 0.6 is 35.4 Å². The average Bonchev–Trinajstić information content (AvgIpc) is 2.91. The van der Waals surface area contributed by atoms with Crippen molar-refractivity contribution in [3.63, 3.8) is 0 Å². The van der Waals surface area contributed by atoms with Gasteiger partial charge in [0.2, 0.25) is 0 Å². The van der Waals surface area contributed by atoms with E-state index in [1.807, 2.05) is 6.92 Å². The molecular formula is C20H17Cl2F3N4S. The van der Waals surface area contributed by atoms with Crippen LogP contribution in [0.25, 0.3) is 0 Å². The molecule has 3 aromatic rings. The van der Waals surface area contributed by atoms with Gasteiger partial charge in [0, 0.05) is 5.02 Å². The molecule has 0 aliphatic heterocycles. The van der Waals surface area contributed by atoms with Gasteiger partial charge in [0.25, 0.3) is 0 Å². The number of hydrogen-bond donors (Lipinski definition) is 2. The van der Waals surface area contributed by atoms with E-state index >= 15 is 0 Å². The van der Waals surface area contributed by atoms with Gasteiger partial charge in [-0.3, -0.25) is 4.68 Å². The fraction of sp³-hybridized carbons (Fsp3) is 0.200. The summed E-state index contributed by atoms with van der Waals surface area (Å²) < 4.78 is 40.5. The average molecular weight is 473 g/mol. The van der Waals surface area contributed by atoms with Gasteiger partial charge in [-0.15, -0.1) is 0 Å². The highest BCUT2D eigenvalue weighted by atomic mass is 35.5. The van der Waals surface area contributed by atoms with E-state index in [4.69, 9.17) is 35.4 Å². The summed E-state index contributed by atoms with van der Waals surface area (Å²) >= 11 is 17.4. The van der Waals surface area contributed by atoms with E-state index in [2.05, 4.69) is 15.7 Å². The molecule has 158 valence electrons. The van der Waals surface area contributed by atoms with Gasteiger partial charge >= 0.3 is 6.18 Å². The van der Waals surface area contributed by atoms with Crippen LogP contribution in [0.5, 0.6) is 0 Å². The lowest BCUT2D eigenvalue weighted by atomic mass is 10.1. The molecule has 2 N–H and O–H groups in total. The third-order valence-corrected chi connectivity index (χ3v) is 5.14. The number of aromatic nitrogens is 2. The van der Waals surface area contributed by atoms with Crippen LogP contribution in [0.4, 0.5) is 24.5 Å². The third kappa shape index (κ3) is 5.24. The minimum Gasteiger partial charge on any atom is -0.331 e. The molecule has 0 amide bonds. The van der Waals surface area contributed by atoms with Crippen LogP contribution in [-0.4, -0.2) is 14.9 Å². The lowest BCUT2D eigenvalue weighted by Crippen LogP contribution is -2.20. The molecule has 2 aromatic carbocycles. The van der Waals surface area contributed by atoms with Crippen molar-refractivity contribution in [3.05, 3.63) is 75.0 Å². The normalized spacial score (nSPS) is 11.4. The standard InChI is InChI=1S/C20H17Cl2F3N4S/c1-11-18(27-19(30)26-17-7-6-15(21)9-16(17)22)12(2)29(28-11)10-13-4-3-5-14(8-13)20(23,24)25/h3-9H,10H2,1-2H3,(H2,26,27,30). The molecule has 3 rings (SSSR count). The van der Waals surface area contributed by atoms with Gasteiger partial charge in [0.1, 0.15) is 0 Å². The molecule has 0 saturated heterocycles. The van der Waals surface area contributed by atoms with Crippen molar-refractivity contribution in [2.75, 3.05) is 10.6 Å². The van der Waals surface area contributed by atoms with Crippen molar-refractivity contribution < 1.29 is 13.2 Å².